The van der Waals surface area contributed by atoms with E-state index in [9.17, 15) is 4.79 Å². The van der Waals surface area contributed by atoms with E-state index in [4.69, 9.17) is 6.42 Å². The van der Waals surface area contributed by atoms with Gasteiger partial charge in [0.2, 0.25) is 5.91 Å². The summed E-state index contributed by atoms with van der Waals surface area (Å²) < 4.78 is 1.81. The smallest absolute Gasteiger partial charge is 0.225 e. The van der Waals surface area contributed by atoms with Crippen LogP contribution in [0.15, 0.2) is 24.5 Å². The fraction of sp³-hybridized carbons (Fsp3) is 0.400. The highest BCUT2D eigenvalue weighted by atomic mass is 16.1. The van der Waals surface area contributed by atoms with Crippen LogP contribution in [0, 0.1) is 18.3 Å². The van der Waals surface area contributed by atoms with E-state index in [-0.39, 0.29) is 18.4 Å². The van der Waals surface area contributed by atoms with Gasteiger partial charge in [-0.3, -0.25) is 4.79 Å². The molecule has 2 aromatic heterocycles. The monoisotopic (exact) mass is 283 g/mol. The Hall–Kier alpha value is -2.55. The molecule has 0 aliphatic carbocycles. The standard InChI is InChI=1S/C15H17N5O/c1-2-7-17-15(21)12-4-3-10-19(11-12)14-6-8-16-13-5-9-18-20(13)14/h1,5-6,8-9,12H,3-4,7,10-11H2,(H,17,21). The van der Waals surface area contributed by atoms with Gasteiger partial charge in [0.25, 0.3) is 0 Å². The Bertz CT molecular complexity index is 687. The van der Waals surface area contributed by atoms with Crippen LogP contribution in [0.1, 0.15) is 12.8 Å². The maximum atomic E-state index is 12.1. The first-order valence-corrected chi connectivity index (χ1v) is 7.04. The molecule has 0 saturated carbocycles. The molecule has 1 unspecified atom stereocenters. The average Bonchev–Trinajstić information content (AvgIpc) is 3.01. The highest BCUT2D eigenvalue weighted by Crippen LogP contribution is 2.23. The van der Waals surface area contributed by atoms with Gasteiger partial charge in [-0.15, -0.1) is 6.42 Å². The normalized spacial score (nSPS) is 18.4. The molecular weight excluding hydrogens is 266 g/mol. The predicted molar refractivity (Wildman–Crippen MR) is 79.8 cm³/mol. The maximum absolute atomic E-state index is 12.1. The number of nitrogens with zero attached hydrogens (tertiary/aromatic N) is 4. The summed E-state index contributed by atoms with van der Waals surface area (Å²) >= 11 is 0. The van der Waals surface area contributed by atoms with Gasteiger partial charge in [-0.25, -0.2) is 4.98 Å². The molecule has 6 heteroatoms. The van der Waals surface area contributed by atoms with E-state index < -0.39 is 0 Å². The number of nitrogens with one attached hydrogen (secondary N) is 1. The second-order valence-corrected chi connectivity index (χ2v) is 5.11. The number of hydrogen-bond donors (Lipinski definition) is 1. The molecule has 0 aromatic carbocycles. The number of aromatic nitrogens is 3. The Kier molecular flexibility index (Phi) is 3.73. The Morgan fingerprint density at radius 2 is 2.38 bits per heavy atom. The van der Waals surface area contributed by atoms with Crippen LogP contribution in [-0.4, -0.2) is 40.1 Å². The Labute approximate surface area is 123 Å². The van der Waals surface area contributed by atoms with E-state index in [1.165, 1.54) is 0 Å². The van der Waals surface area contributed by atoms with E-state index in [0.717, 1.165) is 30.9 Å². The van der Waals surface area contributed by atoms with Crippen LogP contribution < -0.4 is 10.2 Å². The van der Waals surface area contributed by atoms with Crippen molar-refractivity contribution in [2.75, 3.05) is 24.5 Å². The van der Waals surface area contributed by atoms with Crippen LogP contribution in [0.2, 0.25) is 0 Å². The van der Waals surface area contributed by atoms with Crippen LogP contribution in [0.3, 0.4) is 0 Å². The number of rotatable bonds is 3. The van der Waals surface area contributed by atoms with Crippen molar-refractivity contribution in [2.45, 2.75) is 12.8 Å². The number of fused-ring (bicyclic) bond motifs is 1. The van der Waals surface area contributed by atoms with Crippen LogP contribution in [0.25, 0.3) is 5.65 Å². The Morgan fingerprint density at radius 3 is 3.24 bits per heavy atom. The SMILES string of the molecule is C#CCNC(=O)C1CCCN(c2ccnc3ccnn23)C1. The van der Waals surface area contributed by atoms with E-state index in [1.807, 2.05) is 16.6 Å². The van der Waals surface area contributed by atoms with E-state index >= 15 is 0 Å². The van der Waals surface area contributed by atoms with E-state index in [0.29, 0.717) is 6.54 Å². The first-order valence-electron chi connectivity index (χ1n) is 7.04. The molecule has 1 aliphatic heterocycles. The highest BCUT2D eigenvalue weighted by Gasteiger charge is 2.26. The lowest BCUT2D eigenvalue weighted by Crippen LogP contribution is -2.43. The first kappa shape index (κ1) is 13.4. The first-order chi connectivity index (χ1) is 10.3. The molecule has 1 aliphatic rings. The molecule has 0 radical (unpaired) electrons. The zero-order valence-corrected chi connectivity index (χ0v) is 11.7. The number of carbonyl (C=O) groups is 1. The van der Waals surface area contributed by atoms with Crippen molar-refractivity contribution >= 4 is 17.4 Å². The minimum Gasteiger partial charge on any atom is -0.356 e. The summed E-state index contributed by atoms with van der Waals surface area (Å²) in [4.78, 5) is 18.5. The Balaban J connectivity index is 1.78. The number of terminal acetylenes is 1. The summed E-state index contributed by atoms with van der Waals surface area (Å²) in [6.07, 6.45) is 10.5. The summed E-state index contributed by atoms with van der Waals surface area (Å²) in [7, 11) is 0. The molecule has 3 rings (SSSR count). The van der Waals surface area contributed by atoms with E-state index in [1.54, 1.807) is 12.4 Å². The van der Waals surface area contributed by atoms with Crippen LogP contribution in [0.4, 0.5) is 5.82 Å². The van der Waals surface area contributed by atoms with Gasteiger partial charge in [-0.05, 0) is 18.9 Å². The summed E-state index contributed by atoms with van der Waals surface area (Å²) in [5.74, 6) is 3.40. The third kappa shape index (κ3) is 2.68. The molecule has 1 amide bonds. The molecule has 6 nitrogen and oxygen atoms in total. The molecule has 3 heterocycles. The van der Waals surface area contributed by atoms with Gasteiger partial charge in [0.15, 0.2) is 5.65 Å². The fourth-order valence-corrected chi connectivity index (χ4v) is 2.74. The largest absolute Gasteiger partial charge is 0.356 e. The molecule has 0 spiro atoms. The number of piperidine rings is 1. The third-order valence-corrected chi connectivity index (χ3v) is 3.75. The molecule has 1 N–H and O–H groups in total. The average molecular weight is 283 g/mol. The van der Waals surface area contributed by atoms with Crippen LogP contribution in [0.5, 0.6) is 0 Å². The topological polar surface area (TPSA) is 62.5 Å². The zero-order valence-electron chi connectivity index (χ0n) is 11.7. The molecular formula is C15H17N5O. The molecule has 108 valence electrons. The van der Waals surface area contributed by atoms with Gasteiger partial charge < -0.3 is 10.2 Å². The van der Waals surface area contributed by atoms with Gasteiger partial charge in [-0.1, -0.05) is 5.92 Å². The molecule has 1 saturated heterocycles. The molecule has 2 aromatic rings. The lowest BCUT2D eigenvalue weighted by molar-refractivity contribution is -0.124. The van der Waals surface area contributed by atoms with E-state index in [2.05, 4.69) is 26.2 Å². The second-order valence-electron chi connectivity index (χ2n) is 5.11. The molecule has 1 fully saturated rings. The van der Waals surface area contributed by atoms with Crippen molar-refractivity contribution < 1.29 is 4.79 Å². The summed E-state index contributed by atoms with van der Waals surface area (Å²) in [5.41, 5.74) is 0.811. The van der Waals surface area contributed by atoms with Crippen LogP contribution in [-0.2, 0) is 4.79 Å². The minimum absolute atomic E-state index is 0.0309. The number of hydrogen-bond acceptors (Lipinski definition) is 4. The summed E-state index contributed by atoms with van der Waals surface area (Å²) in [6.45, 7) is 1.88. The minimum atomic E-state index is -0.0362. The molecule has 21 heavy (non-hydrogen) atoms. The van der Waals surface area contributed by atoms with Crippen LogP contribution >= 0.6 is 0 Å². The van der Waals surface area contributed by atoms with Crippen molar-refractivity contribution in [1.29, 1.82) is 0 Å². The van der Waals surface area contributed by atoms with Gasteiger partial charge >= 0.3 is 0 Å². The van der Waals surface area contributed by atoms with Crippen molar-refractivity contribution in [3.05, 3.63) is 24.5 Å². The van der Waals surface area contributed by atoms with Crippen molar-refractivity contribution in [3.63, 3.8) is 0 Å². The third-order valence-electron chi connectivity index (χ3n) is 3.75. The zero-order chi connectivity index (χ0) is 14.7. The van der Waals surface area contributed by atoms with Gasteiger partial charge in [0.05, 0.1) is 18.7 Å². The van der Waals surface area contributed by atoms with Gasteiger partial charge in [0, 0.05) is 25.4 Å². The van der Waals surface area contributed by atoms with Crippen molar-refractivity contribution in [2.24, 2.45) is 5.92 Å². The van der Waals surface area contributed by atoms with Gasteiger partial charge in [0.1, 0.15) is 5.82 Å². The summed E-state index contributed by atoms with van der Waals surface area (Å²) in [6, 6.07) is 3.80. The number of anilines is 1. The van der Waals surface area contributed by atoms with Crippen molar-refractivity contribution in [1.82, 2.24) is 19.9 Å². The number of carbonyl (C=O) groups excluding carboxylic acids is 1. The maximum Gasteiger partial charge on any atom is 0.225 e. The Morgan fingerprint density at radius 1 is 1.48 bits per heavy atom. The molecule has 1 atom stereocenters. The highest BCUT2D eigenvalue weighted by molar-refractivity contribution is 5.79. The fourth-order valence-electron chi connectivity index (χ4n) is 2.74. The second kappa shape index (κ2) is 5.83. The predicted octanol–water partition coefficient (Wildman–Crippen LogP) is 0.695. The molecule has 0 bridgehead atoms. The quantitative estimate of drug-likeness (QED) is 0.842. The lowest BCUT2D eigenvalue weighted by Gasteiger charge is -2.33. The van der Waals surface area contributed by atoms with Crippen molar-refractivity contribution in [3.8, 4) is 12.3 Å². The lowest BCUT2D eigenvalue weighted by atomic mass is 9.97. The number of amides is 1. The summed E-state index contributed by atoms with van der Waals surface area (Å²) in [5, 5.41) is 7.07. The van der Waals surface area contributed by atoms with Gasteiger partial charge in [-0.2, -0.15) is 9.61 Å².